The first-order valence-corrected chi connectivity index (χ1v) is 11.8. The highest BCUT2D eigenvalue weighted by Crippen LogP contribution is 2.31. The molecule has 1 aromatic heterocycles. The van der Waals surface area contributed by atoms with Gasteiger partial charge in [0, 0.05) is 6.61 Å². The highest BCUT2D eigenvalue weighted by molar-refractivity contribution is 7.22. The van der Waals surface area contributed by atoms with Gasteiger partial charge in [-0.1, -0.05) is 62.4 Å². The van der Waals surface area contributed by atoms with Crippen LogP contribution in [0.3, 0.4) is 0 Å². The molecule has 4 rings (SSSR count). The summed E-state index contributed by atoms with van der Waals surface area (Å²) in [5.41, 5.74) is 4.58. The molecular formula is C25H30N2O2S. The molecule has 1 saturated heterocycles. The Kier molecular flexibility index (Phi) is 6.49. The van der Waals surface area contributed by atoms with Crippen molar-refractivity contribution in [3.63, 3.8) is 0 Å². The molecule has 0 radical (unpaired) electrons. The number of fused-ring (bicyclic) bond motifs is 1. The number of rotatable bonds is 7. The van der Waals surface area contributed by atoms with Gasteiger partial charge in [0.2, 0.25) is 5.91 Å². The quantitative estimate of drug-likeness (QED) is 0.488. The smallest absolute Gasteiger partial charge is 0.233 e. The Balaban J connectivity index is 1.59. The van der Waals surface area contributed by atoms with Gasteiger partial charge in [-0.15, -0.1) is 0 Å². The molecular weight excluding hydrogens is 392 g/mol. The Bertz CT molecular complexity index is 1000. The largest absolute Gasteiger partial charge is 0.376 e. The third kappa shape index (κ3) is 4.73. The molecule has 4 nitrogen and oxygen atoms in total. The maximum absolute atomic E-state index is 13.4. The van der Waals surface area contributed by atoms with E-state index in [-0.39, 0.29) is 12.0 Å². The highest BCUT2D eigenvalue weighted by Gasteiger charge is 2.26. The standard InChI is InChI=1S/C25H30N2O2S/c1-4-18-9-12-22-23(14-18)30-25(26-22)27(16-21-6-5-13-29-21)24(28)15-19-7-10-20(11-8-19)17(2)3/h7-12,14,17,21H,4-6,13,15-16H2,1-3H3. The molecule has 1 aliphatic heterocycles. The van der Waals surface area contributed by atoms with Crippen LogP contribution in [0.15, 0.2) is 42.5 Å². The van der Waals surface area contributed by atoms with Crippen molar-refractivity contribution in [3.05, 3.63) is 59.2 Å². The Morgan fingerprint density at radius 1 is 1.20 bits per heavy atom. The molecule has 5 heteroatoms. The van der Waals surface area contributed by atoms with Crippen LogP contribution in [0.4, 0.5) is 5.13 Å². The van der Waals surface area contributed by atoms with E-state index in [4.69, 9.17) is 9.72 Å². The average molecular weight is 423 g/mol. The van der Waals surface area contributed by atoms with Gasteiger partial charge in [0.05, 0.1) is 29.3 Å². The van der Waals surface area contributed by atoms with Crippen molar-refractivity contribution in [3.8, 4) is 0 Å². The lowest BCUT2D eigenvalue weighted by atomic mass is 10.0. The molecule has 1 amide bonds. The molecule has 158 valence electrons. The van der Waals surface area contributed by atoms with Gasteiger partial charge in [0.1, 0.15) is 0 Å². The van der Waals surface area contributed by atoms with Gasteiger partial charge in [-0.25, -0.2) is 4.98 Å². The number of carbonyl (C=O) groups is 1. The minimum absolute atomic E-state index is 0.0811. The summed E-state index contributed by atoms with van der Waals surface area (Å²) in [6.45, 7) is 7.87. The van der Waals surface area contributed by atoms with Crippen molar-refractivity contribution < 1.29 is 9.53 Å². The maximum Gasteiger partial charge on any atom is 0.233 e. The van der Waals surface area contributed by atoms with E-state index >= 15 is 0 Å². The van der Waals surface area contributed by atoms with Crippen molar-refractivity contribution in [2.45, 2.75) is 58.5 Å². The van der Waals surface area contributed by atoms with Crippen molar-refractivity contribution in [1.82, 2.24) is 4.98 Å². The number of ether oxygens (including phenoxy) is 1. The molecule has 2 heterocycles. The van der Waals surface area contributed by atoms with E-state index in [2.05, 4.69) is 63.2 Å². The zero-order valence-electron chi connectivity index (χ0n) is 18.1. The van der Waals surface area contributed by atoms with E-state index in [1.807, 2.05) is 4.90 Å². The summed E-state index contributed by atoms with van der Waals surface area (Å²) in [6.07, 6.45) is 3.52. The SMILES string of the molecule is CCc1ccc2nc(N(CC3CCCO3)C(=O)Cc3ccc(C(C)C)cc3)sc2c1. The molecule has 0 saturated carbocycles. The molecule has 1 fully saturated rings. The molecule has 3 aromatic rings. The van der Waals surface area contributed by atoms with Crippen LogP contribution in [0, 0.1) is 0 Å². The van der Waals surface area contributed by atoms with E-state index in [1.165, 1.54) is 11.1 Å². The fourth-order valence-corrected chi connectivity index (χ4v) is 4.92. The number of nitrogens with zero attached hydrogens (tertiary/aromatic N) is 2. The molecule has 30 heavy (non-hydrogen) atoms. The third-order valence-electron chi connectivity index (χ3n) is 5.79. The molecule has 0 aliphatic carbocycles. The van der Waals surface area contributed by atoms with Crippen LogP contribution in [-0.2, 0) is 22.4 Å². The summed E-state index contributed by atoms with van der Waals surface area (Å²) in [6, 6.07) is 14.8. The Labute approximate surface area is 182 Å². The monoisotopic (exact) mass is 422 g/mol. The number of hydrogen-bond donors (Lipinski definition) is 0. The van der Waals surface area contributed by atoms with Gasteiger partial charge in [0.25, 0.3) is 0 Å². The van der Waals surface area contributed by atoms with Crippen molar-refractivity contribution in [2.75, 3.05) is 18.1 Å². The maximum atomic E-state index is 13.4. The summed E-state index contributed by atoms with van der Waals surface area (Å²) in [5, 5.41) is 0.776. The average Bonchev–Trinajstić information content (AvgIpc) is 3.41. The van der Waals surface area contributed by atoms with Crippen LogP contribution >= 0.6 is 11.3 Å². The van der Waals surface area contributed by atoms with Crippen molar-refractivity contribution in [1.29, 1.82) is 0 Å². The molecule has 0 bridgehead atoms. The first kappa shape index (κ1) is 21.0. The van der Waals surface area contributed by atoms with Crippen LogP contribution in [0.5, 0.6) is 0 Å². The molecule has 0 spiro atoms. The fraction of sp³-hybridized carbons (Fsp3) is 0.440. The lowest BCUT2D eigenvalue weighted by Gasteiger charge is -2.23. The van der Waals surface area contributed by atoms with E-state index < -0.39 is 0 Å². The van der Waals surface area contributed by atoms with Crippen LogP contribution in [0.1, 0.15) is 56.2 Å². The third-order valence-corrected chi connectivity index (χ3v) is 6.83. The minimum Gasteiger partial charge on any atom is -0.376 e. The number of anilines is 1. The molecule has 2 aromatic carbocycles. The molecule has 1 atom stereocenters. The van der Waals surface area contributed by atoms with Gasteiger partial charge in [-0.2, -0.15) is 0 Å². The predicted octanol–water partition coefficient (Wildman–Crippen LogP) is 5.74. The lowest BCUT2D eigenvalue weighted by molar-refractivity contribution is -0.118. The molecule has 1 aliphatic rings. The second-order valence-corrected chi connectivity index (χ2v) is 9.37. The summed E-state index contributed by atoms with van der Waals surface area (Å²) in [4.78, 5) is 20.0. The van der Waals surface area contributed by atoms with Crippen LogP contribution in [-0.4, -0.2) is 30.1 Å². The zero-order valence-corrected chi connectivity index (χ0v) is 18.9. The highest BCUT2D eigenvalue weighted by atomic mass is 32.1. The fourth-order valence-electron chi connectivity index (χ4n) is 3.86. The Hall–Kier alpha value is -2.24. The summed E-state index contributed by atoms with van der Waals surface area (Å²) in [5.74, 6) is 0.569. The number of aromatic nitrogens is 1. The van der Waals surface area contributed by atoms with E-state index in [0.717, 1.165) is 46.8 Å². The first-order chi connectivity index (χ1) is 14.5. The summed E-state index contributed by atoms with van der Waals surface area (Å²) >= 11 is 1.60. The van der Waals surface area contributed by atoms with Gasteiger partial charge in [-0.3, -0.25) is 9.69 Å². The topological polar surface area (TPSA) is 42.4 Å². The zero-order chi connectivity index (χ0) is 21.1. The second kappa shape index (κ2) is 9.27. The van der Waals surface area contributed by atoms with Crippen LogP contribution < -0.4 is 4.90 Å². The number of amides is 1. The van der Waals surface area contributed by atoms with Gasteiger partial charge in [-0.05, 0) is 54.0 Å². The molecule has 0 N–H and O–H groups in total. The van der Waals surface area contributed by atoms with Crippen molar-refractivity contribution >= 4 is 32.6 Å². The summed E-state index contributed by atoms with van der Waals surface area (Å²) in [7, 11) is 0. The number of benzene rings is 2. The van der Waals surface area contributed by atoms with E-state index in [9.17, 15) is 4.79 Å². The van der Waals surface area contributed by atoms with Gasteiger partial charge in [0.15, 0.2) is 5.13 Å². The molecule has 1 unspecified atom stereocenters. The Morgan fingerprint density at radius 2 is 1.97 bits per heavy atom. The number of carbonyl (C=O) groups excluding carboxylic acids is 1. The van der Waals surface area contributed by atoms with Crippen LogP contribution in [0.2, 0.25) is 0 Å². The van der Waals surface area contributed by atoms with E-state index in [1.54, 1.807) is 11.3 Å². The van der Waals surface area contributed by atoms with Crippen molar-refractivity contribution in [2.24, 2.45) is 0 Å². The lowest BCUT2D eigenvalue weighted by Crippen LogP contribution is -2.38. The van der Waals surface area contributed by atoms with E-state index in [0.29, 0.717) is 18.9 Å². The second-order valence-electron chi connectivity index (χ2n) is 8.36. The van der Waals surface area contributed by atoms with Gasteiger partial charge >= 0.3 is 0 Å². The first-order valence-electron chi connectivity index (χ1n) is 10.9. The predicted molar refractivity (Wildman–Crippen MR) is 125 cm³/mol. The van der Waals surface area contributed by atoms with Crippen LogP contribution in [0.25, 0.3) is 10.2 Å². The number of thiazole rings is 1. The normalized spacial score (nSPS) is 16.5. The summed E-state index contributed by atoms with van der Waals surface area (Å²) < 4.78 is 6.98. The minimum atomic E-state index is 0.0811. The number of aryl methyl sites for hydroxylation is 1. The number of hydrogen-bond acceptors (Lipinski definition) is 4. The van der Waals surface area contributed by atoms with Gasteiger partial charge < -0.3 is 4.74 Å². The Morgan fingerprint density at radius 3 is 2.63 bits per heavy atom.